The Morgan fingerprint density at radius 2 is 1.84 bits per heavy atom. The Morgan fingerprint density at radius 1 is 1.16 bits per heavy atom. The molecule has 0 radical (unpaired) electrons. The topological polar surface area (TPSA) is 60.2 Å². The van der Waals surface area contributed by atoms with Crippen LogP contribution in [0.15, 0.2) is 36.4 Å². The van der Waals surface area contributed by atoms with E-state index < -0.39 is 0 Å². The van der Waals surface area contributed by atoms with Crippen molar-refractivity contribution in [2.45, 2.75) is 20.0 Å². The Bertz CT molecular complexity index is 555. The molecule has 1 heterocycles. The molecule has 5 heteroatoms. The number of ether oxygens (including phenoxy) is 1. The standard InChI is InChI=1S/C14H16IN3O/c1-9(2)19-14-12(16)7-8-13(18-14)17-11-5-3-10(15)4-6-11/h3-9H,16H2,1-2H3,(H,17,18). The van der Waals surface area contributed by atoms with E-state index in [-0.39, 0.29) is 6.10 Å². The van der Waals surface area contributed by atoms with Crippen molar-refractivity contribution < 1.29 is 4.74 Å². The number of nitrogens with one attached hydrogen (secondary N) is 1. The number of hydrogen-bond donors (Lipinski definition) is 2. The number of pyridine rings is 1. The zero-order chi connectivity index (χ0) is 13.8. The van der Waals surface area contributed by atoms with Gasteiger partial charge in [-0.15, -0.1) is 0 Å². The summed E-state index contributed by atoms with van der Waals surface area (Å²) in [6.45, 7) is 3.89. The molecule has 4 nitrogen and oxygen atoms in total. The van der Waals surface area contributed by atoms with E-state index >= 15 is 0 Å². The van der Waals surface area contributed by atoms with Crippen molar-refractivity contribution in [3.8, 4) is 5.88 Å². The van der Waals surface area contributed by atoms with Crippen LogP contribution < -0.4 is 15.8 Å². The number of halogens is 1. The van der Waals surface area contributed by atoms with Crippen LogP contribution in [0, 0.1) is 3.57 Å². The number of aromatic nitrogens is 1. The quantitative estimate of drug-likeness (QED) is 0.805. The molecule has 19 heavy (non-hydrogen) atoms. The summed E-state index contributed by atoms with van der Waals surface area (Å²) in [7, 11) is 0. The highest BCUT2D eigenvalue weighted by Gasteiger charge is 2.06. The van der Waals surface area contributed by atoms with E-state index in [0.29, 0.717) is 17.4 Å². The first-order valence-corrected chi connectivity index (χ1v) is 7.08. The minimum Gasteiger partial charge on any atom is -0.473 e. The normalized spacial score (nSPS) is 10.5. The number of hydrogen-bond acceptors (Lipinski definition) is 4. The number of benzene rings is 1. The van der Waals surface area contributed by atoms with Crippen LogP contribution in [0.5, 0.6) is 5.88 Å². The van der Waals surface area contributed by atoms with Crippen molar-refractivity contribution in [3.63, 3.8) is 0 Å². The highest BCUT2D eigenvalue weighted by Crippen LogP contribution is 2.24. The molecule has 0 unspecified atom stereocenters. The summed E-state index contributed by atoms with van der Waals surface area (Å²) in [6.07, 6.45) is 0.0448. The van der Waals surface area contributed by atoms with Crippen LogP contribution in [-0.2, 0) is 0 Å². The molecule has 0 spiro atoms. The molecule has 0 amide bonds. The fraction of sp³-hybridized carbons (Fsp3) is 0.214. The van der Waals surface area contributed by atoms with Gasteiger partial charge in [-0.05, 0) is 72.8 Å². The van der Waals surface area contributed by atoms with Crippen molar-refractivity contribution >= 4 is 39.8 Å². The van der Waals surface area contributed by atoms with Gasteiger partial charge in [-0.2, -0.15) is 4.98 Å². The average Bonchev–Trinajstić information content (AvgIpc) is 2.36. The third kappa shape index (κ3) is 3.99. The van der Waals surface area contributed by atoms with Crippen LogP contribution in [-0.4, -0.2) is 11.1 Å². The molecule has 100 valence electrons. The van der Waals surface area contributed by atoms with E-state index in [4.69, 9.17) is 10.5 Å². The van der Waals surface area contributed by atoms with E-state index in [0.717, 1.165) is 5.69 Å². The van der Waals surface area contributed by atoms with Gasteiger partial charge in [0.25, 0.3) is 0 Å². The maximum Gasteiger partial charge on any atom is 0.239 e. The van der Waals surface area contributed by atoms with Crippen LogP contribution in [0.4, 0.5) is 17.2 Å². The summed E-state index contributed by atoms with van der Waals surface area (Å²) in [5.41, 5.74) is 7.36. The van der Waals surface area contributed by atoms with E-state index in [2.05, 4.69) is 32.9 Å². The first-order chi connectivity index (χ1) is 9.04. The SMILES string of the molecule is CC(C)Oc1nc(Nc2ccc(I)cc2)ccc1N. The zero-order valence-electron chi connectivity index (χ0n) is 10.9. The lowest BCUT2D eigenvalue weighted by Crippen LogP contribution is -2.09. The second kappa shape index (κ2) is 6.10. The first kappa shape index (κ1) is 13.9. The van der Waals surface area contributed by atoms with Crippen molar-refractivity contribution in [1.29, 1.82) is 0 Å². The van der Waals surface area contributed by atoms with Crippen LogP contribution in [0.1, 0.15) is 13.8 Å². The Balaban J connectivity index is 2.18. The second-order valence-electron chi connectivity index (χ2n) is 4.39. The molecule has 0 aliphatic heterocycles. The summed E-state index contributed by atoms with van der Waals surface area (Å²) >= 11 is 2.27. The van der Waals surface area contributed by atoms with Crippen molar-refractivity contribution in [1.82, 2.24) is 4.98 Å². The summed E-state index contributed by atoms with van der Waals surface area (Å²) in [5, 5.41) is 3.22. The minimum atomic E-state index is 0.0448. The Hall–Kier alpha value is -1.50. The van der Waals surface area contributed by atoms with Gasteiger partial charge in [-0.1, -0.05) is 0 Å². The van der Waals surface area contributed by atoms with Crippen LogP contribution in [0.25, 0.3) is 0 Å². The van der Waals surface area contributed by atoms with Gasteiger partial charge < -0.3 is 15.8 Å². The lowest BCUT2D eigenvalue weighted by molar-refractivity contribution is 0.234. The van der Waals surface area contributed by atoms with Crippen LogP contribution in [0.3, 0.4) is 0 Å². The lowest BCUT2D eigenvalue weighted by Gasteiger charge is -2.13. The number of nitrogen functional groups attached to an aromatic ring is 1. The summed E-state index contributed by atoms with van der Waals surface area (Å²) in [4.78, 5) is 4.37. The molecule has 1 aromatic heterocycles. The predicted molar refractivity (Wildman–Crippen MR) is 86.9 cm³/mol. The van der Waals surface area contributed by atoms with Gasteiger partial charge in [-0.25, -0.2) is 0 Å². The molecule has 0 bridgehead atoms. The molecule has 1 aromatic carbocycles. The first-order valence-electron chi connectivity index (χ1n) is 6.00. The molecule has 2 rings (SSSR count). The van der Waals surface area contributed by atoms with E-state index in [1.165, 1.54) is 3.57 Å². The van der Waals surface area contributed by atoms with E-state index in [1.807, 2.05) is 44.2 Å². The van der Waals surface area contributed by atoms with Crippen molar-refractivity contribution in [3.05, 3.63) is 40.0 Å². The third-order valence-corrected chi connectivity index (χ3v) is 3.07. The predicted octanol–water partition coefficient (Wildman–Crippen LogP) is 3.80. The third-order valence-electron chi connectivity index (χ3n) is 2.35. The minimum absolute atomic E-state index is 0.0448. The molecule has 0 atom stereocenters. The molecule has 0 saturated heterocycles. The fourth-order valence-corrected chi connectivity index (χ4v) is 1.88. The smallest absolute Gasteiger partial charge is 0.239 e. The number of rotatable bonds is 4. The molecule has 0 saturated carbocycles. The summed E-state index contributed by atoms with van der Waals surface area (Å²) in [6, 6.07) is 11.7. The van der Waals surface area contributed by atoms with Gasteiger partial charge in [0, 0.05) is 9.26 Å². The van der Waals surface area contributed by atoms with Gasteiger partial charge in [0.2, 0.25) is 5.88 Å². The van der Waals surface area contributed by atoms with Crippen LogP contribution in [0.2, 0.25) is 0 Å². The molecule has 0 fully saturated rings. The average molecular weight is 369 g/mol. The van der Waals surface area contributed by atoms with Gasteiger partial charge in [0.1, 0.15) is 5.82 Å². The van der Waals surface area contributed by atoms with Gasteiger partial charge in [-0.3, -0.25) is 0 Å². The highest BCUT2D eigenvalue weighted by atomic mass is 127. The maximum atomic E-state index is 5.83. The molecule has 0 aliphatic rings. The Morgan fingerprint density at radius 3 is 2.47 bits per heavy atom. The zero-order valence-corrected chi connectivity index (χ0v) is 13.0. The fourth-order valence-electron chi connectivity index (χ4n) is 1.52. The molecular weight excluding hydrogens is 353 g/mol. The highest BCUT2D eigenvalue weighted by molar-refractivity contribution is 14.1. The summed E-state index contributed by atoms with van der Waals surface area (Å²) < 4.78 is 6.76. The second-order valence-corrected chi connectivity index (χ2v) is 5.64. The van der Waals surface area contributed by atoms with Crippen LogP contribution >= 0.6 is 22.6 Å². The van der Waals surface area contributed by atoms with Gasteiger partial charge in [0.15, 0.2) is 0 Å². The summed E-state index contributed by atoms with van der Waals surface area (Å²) in [5.74, 6) is 1.18. The largest absolute Gasteiger partial charge is 0.473 e. The Labute approximate surface area is 126 Å². The Kier molecular flexibility index (Phi) is 4.47. The van der Waals surface area contributed by atoms with Crippen molar-refractivity contribution in [2.24, 2.45) is 0 Å². The molecular formula is C14H16IN3O. The van der Waals surface area contributed by atoms with E-state index in [9.17, 15) is 0 Å². The van der Waals surface area contributed by atoms with E-state index in [1.54, 1.807) is 6.07 Å². The van der Waals surface area contributed by atoms with Gasteiger partial charge >= 0.3 is 0 Å². The number of nitrogens with two attached hydrogens (primary N) is 1. The number of anilines is 3. The molecule has 2 aromatic rings. The lowest BCUT2D eigenvalue weighted by atomic mass is 10.3. The molecule has 0 aliphatic carbocycles. The van der Waals surface area contributed by atoms with Crippen molar-refractivity contribution in [2.75, 3.05) is 11.1 Å². The maximum absolute atomic E-state index is 5.83. The van der Waals surface area contributed by atoms with Gasteiger partial charge in [0.05, 0.1) is 11.8 Å². The molecule has 3 N–H and O–H groups in total. The number of nitrogens with zero attached hydrogens (tertiary/aromatic N) is 1. The monoisotopic (exact) mass is 369 g/mol.